The second-order valence-electron chi connectivity index (χ2n) is 7.37. The highest BCUT2D eigenvalue weighted by Crippen LogP contribution is 2.17. The molecular weight excluding hydrogens is 394 g/mol. The fourth-order valence-electron chi connectivity index (χ4n) is 3.54. The van der Waals surface area contributed by atoms with Gasteiger partial charge < -0.3 is 5.32 Å². The van der Waals surface area contributed by atoms with Crippen molar-refractivity contribution >= 4 is 23.2 Å². The summed E-state index contributed by atoms with van der Waals surface area (Å²) in [5.41, 5.74) is 2.35. The molecule has 3 aromatic rings. The van der Waals surface area contributed by atoms with Crippen LogP contribution in [0.2, 0.25) is 0 Å². The molecule has 1 aliphatic rings. The van der Waals surface area contributed by atoms with E-state index in [1.807, 2.05) is 60.7 Å². The highest BCUT2D eigenvalue weighted by molar-refractivity contribution is 6.43. The van der Waals surface area contributed by atoms with Crippen LogP contribution in [0.5, 0.6) is 0 Å². The minimum absolute atomic E-state index is 0.136. The molecule has 158 valence electrons. The summed E-state index contributed by atoms with van der Waals surface area (Å²) < 4.78 is 3.19. The number of anilines is 1. The lowest BCUT2D eigenvalue weighted by atomic mass is 10.1. The molecule has 0 spiro atoms. The summed E-state index contributed by atoms with van der Waals surface area (Å²) in [6.07, 6.45) is 0.426. The molecule has 2 aromatic carbocycles. The lowest BCUT2D eigenvalue weighted by Gasteiger charge is -2.23. The second kappa shape index (κ2) is 8.43. The molecule has 1 aromatic heterocycles. The smallest absolute Gasteiger partial charge is 0.295 e. The van der Waals surface area contributed by atoms with Gasteiger partial charge in [-0.2, -0.15) is 5.10 Å². The number of hydrazone groups is 1. The molecule has 0 fully saturated rings. The van der Waals surface area contributed by atoms with E-state index in [-0.39, 0.29) is 35.7 Å². The van der Waals surface area contributed by atoms with Crippen LogP contribution in [0.1, 0.15) is 24.1 Å². The predicted octanol–water partition coefficient (Wildman–Crippen LogP) is 2.60. The van der Waals surface area contributed by atoms with Crippen molar-refractivity contribution in [3.05, 3.63) is 82.3 Å². The number of amides is 2. The Hall–Kier alpha value is -3.94. The Morgan fingerprint density at radius 1 is 1.00 bits per heavy atom. The first-order valence-electron chi connectivity index (χ1n) is 10.0. The summed E-state index contributed by atoms with van der Waals surface area (Å²) in [5, 5.41) is 8.30. The number of para-hydroxylation sites is 1. The van der Waals surface area contributed by atoms with Gasteiger partial charge in [0.25, 0.3) is 11.5 Å². The van der Waals surface area contributed by atoms with Crippen molar-refractivity contribution in [1.29, 1.82) is 0 Å². The van der Waals surface area contributed by atoms with Crippen LogP contribution < -0.4 is 10.9 Å². The van der Waals surface area contributed by atoms with Crippen LogP contribution in [-0.2, 0) is 23.2 Å². The Labute approximate surface area is 179 Å². The Bertz CT molecular complexity index is 1210. The zero-order chi connectivity index (χ0) is 22.0. The third kappa shape index (κ3) is 4.05. The zero-order valence-corrected chi connectivity index (χ0v) is 17.4. The summed E-state index contributed by atoms with van der Waals surface area (Å²) in [4.78, 5) is 38.2. The number of rotatable bonds is 5. The molecule has 31 heavy (non-hydrogen) atoms. The van der Waals surface area contributed by atoms with Crippen LogP contribution in [0.4, 0.5) is 5.69 Å². The maximum absolute atomic E-state index is 13.0. The fraction of sp³-hybridized carbons (Fsp3) is 0.217. The third-order valence-corrected chi connectivity index (χ3v) is 5.33. The first kappa shape index (κ1) is 20.3. The minimum Gasteiger partial charge on any atom is -0.315 e. The number of nitrogens with one attached hydrogen (secondary N) is 1. The number of hydrogen-bond donors (Lipinski definition) is 1. The topological polar surface area (TPSA) is 88.7 Å². The number of carbonyl (C=O) groups excluding carboxylic acids is 2. The van der Waals surface area contributed by atoms with Crippen molar-refractivity contribution in [3.8, 4) is 5.69 Å². The molecule has 2 heterocycles. The Morgan fingerprint density at radius 2 is 1.65 bits per heavy atom. The molecule has 0 saturated carbocycles. The SMILES string of the molecule is Cc1c(NC(=O)C2=NN(Cc3ccccc3)C(=O)CC2)c(=O)n(-c2ccccc2)n1C. The standard InChI is InChI=1S/C23H23N5O3/c1-16-21(23(31)28(26(16)2)18-11-7-4-8-12-18)24-22(30)19-13-14-20(29)27(25-19)15-17-9-5-3-6-10-17/h3-12H,13-15H2,1-2H3,(H,24,30). The van der Waals surface area contributed by atoms with Gasteiger partial charge in [0.2, 0.25) is 5.91 Å². The molecule has 4 rings (SSSR count). The van der Waals surface area contributed by atoms with Crippen LogP contribution in [0.3, 0.4) is 0 Å². The summed E-state index contributed by atoms with van der Waals surface area (Å²) >= 11 is 0. The monoisotopic (exact) mass is 417 g/mol. The predicted molar refractivity (Wildman–Crippen MR) is 118 cm³/mol. The van der Waals surface area contributed by atoms with Crippen molar-refractivity contribution in [2.45, 2.75) is 26.3 Å². The molecule has 2 amide bonds. The molecule has 1 N–H and O–H groups in total. The Morgan fingerprint density at radius 3 is 2.32 bits per heavy atom. The molecule has 0 aliphatic carbocycles. The molecule has 0 saturated heterocycles. The van der Waals surface area contributed by atoms with E-state index in [0.717, 1.165) is 5.56 Å². The van der Waals surface area contributed by atoms with Crippen LogP contribution >= 0.6 is 0 Å². The first-order valence-corrected chi connectivity index (χ1v) is 10.0. The summed E-state index contributed by atoms with van der Waals surface area (Å²) in [5.74, 6) is -0.612. The largest absolute Gasteiger partial charge is 0.315 e. The summed E-state index contributed by atoms with van der Waals surface area (Å²) in [6, 6.07) is 18.7. The van der Waals surface area contributed by atoms with Crippen molar-refractivity contribution in [1.82, 2.24) is 14.4 Å². The van der Waals surface area contributed by atoms with Crippen molar-refractivity contribution in [2.24, 2.45) is 12.1 Å². The van der Waals surface area contributed by atoms with E-state index >= 15 is 0 Å². The quantitative estimate of drug-likeness (QED) is 0.692. The molecule has 8 heteroatoms. The maximum atomic E-state index is 13.0. The fourth-order valence-corrected chi connectivity index (χ4v) is 3.54. The van der Waals surface area contributed by atoms with Crippen molar-refractivity contribution in [2.75, 3.05) is 5.32 Å². The molecule has 0 radical (unpaired) electrons. The van der Waals surface area contributed by atoms with Gasteiger partial charge in [0.05, 0.1) is 17.9 Å². The van der Waals surface area contributed by atoms with E-state index in [1.165, 1.54) is 9.69 Å². The van der Waals surface area contributed by atoms with Gasteiger partial charge in [0.15, 0.2) is 0 Å². The highest BCUT2D eigenvalue weighted by atomic mass is 16.2. The van der Waals surface area contributed by atoms with Gasteiger partial charge in [0.1, 0.15) is 11.4 Å². The molecule has 0 atom stereocenters. The van der Waals surface area contributed by atoms with E-state index < -0.39 is 5.91 Å². The van der Waals surface area contributed by atoms with Gasteiger partial charge in [-0.25, -0.2) is 9.69 Å². The van der Waals surface area contributed by atoms with Gasteiger partial charge in [-0.1, -0.05) is 48.5 Å². The highest BCUT2D eigenvalue weighted by Gasteiger charge is 2.26. The lowest BCUT2D eigenvalue weighted by molar-refractivity contribution is -0.132. The van der Waals surface area contributed by atoms with Gasteiger partial charge in [-0.3, -0.25) is 19.1 Å². The van der Waals surface area contributed by atoms with Crippen molar-refractivity contribution < 1.29 is 9.59 Å². The van der Waals surface area contributed by atoms with Crippen molar-refractivity contribution in [3.63, 3.8) is 0 Å². The lowest BCUT2D eigenvalue weighted by Crippen LogP contribution is -2.36. The third-order valence-electron chi connectivity index (χ3n) is 5.33. The second-order valence-corrected chi connectivity index (χ2v) is 7.37. The average molecular weight is 417 g/mol. The van der Waals surface area contributed by atoms with Crippen LogP contribution in [0.25, 0.3) is 5.69 Å². The van der Waals surface area contributed by atoms with Gasteiger partial charge in [-0.05, 0) is 24.6 Å². The normalized spacial score (nSPS) is 13.8. The first-order chi connectivity index (χ1) is 15.0. The Kier molecular flexibility index (Phi) is 5.53. The Balaban J connectivity index is 1.59. The molecule has 0 bridgehead atoms. The van der Waals surface area contributed by atoms with Crippen LogP contribution in [0, 0.1) is 6.92 Å². The molecule has 1 aliphatic heterocycles. The molecule has 8 nitrogen and oxygen atoms in total. The van der Waals surface area contributed by atoms with Gasteiger partial charge >= 0.3 is 0 Å². The van der Waals surface area contributed by atoms with E-state index in [9.17, 15) is 14.4 Å². The number of carbonyl (C=O) groups is 2. The van der Waals surface area contributed by atoms with Gasteiger partial charge in [-0.15, -0.1) is 0 Å². The zero-order valence-electron chi connectivity index (χ0n) is 17.4. The van der Waals surface area contributed by atoms with Crippen LogP contribution in [0.15, 0.2) is 70.6 Å². The number of benzene rings is 2. The van der Waals surface area contributed by atoms with E-state index in [2.05, 4.69) is 10.4 Å². The molecule has 0 unspecified atom stereocenters. The maximum Gasteiger partial charge on any atom is 0.295 e. The minimum atomic E-state index is -0.475. The molecular formula is C23H23N5O3. The number of nitrogens with zero attached hydrogens (tertiary/aromatic N) is 4. The van der Waals surface area contributed by atoms with Crippen LogP contribution in [-0.4, -0.2) is 31.9 Å². The van der Waals surface area contributed by atoms with E-state index in [4.69, 9.17) is 0 Å². The van der Waals surface area contributed by atoms with Gasteiger partial charge in [0, 0.05) is 19.9 Å². The average Bonchev–Trinajstić information content (AvgIpc) is 2.99. The number of aromatic nitrogens is 2. The number of hydrogen-bond acceptors (Lipinski definition) is 4. The van der Waals surface area contributed by atoms with E-state index in [1.54, 1.807) is 18.7 Å². The summed E-state index contributed by atoms with van der Waals surface area (Å²) in [7, 11) is 1.76. The van der Waals surface area contributed by atoms with E-state index in [0.29, 0.717) is 17.9 Å². The summed E-state index contributed by atoms with van der Waals surface area (Å²) in [6.45, 7) is 2.06.